The zero-order valence-corrected chi connectivity index (χ0v) is 9.63. The summed E-state index contributed by atoms with van der Waals surface area (Å²) < 4.78 is 26.5. The molecule has 1 saturated heterocycles. The molecule has 3 atom stereocenters. The van der Waals surface area contributed by atoms with Gasteiger partial charge in [-0.3, -0.25) is 0 Å². The molecule has 3 heteroatoms. The number of rotatable bonds is 2. The van der Waals surface area contributed by atoms with E-state index in [0.29, 0.717) is 17.6 Å². The van der Waals surface area contributed by atoms with Crippen molar-refractivity contribution in [1.82, 2.24) is 5.32 Å². The molecule has 0 radical (unpaired) electrons. The van der Waals surface area contributed by atoms with Crippen molar-refractivity contribution in [2.45, 2.75) is 44.7 Å². The summed E-state index contributed by atoms with van der Waals surface area (Å²) in [7, 11) is 0. The minimum absolute atomic E-state index is 0.167. The third-order valence-electron chi connectivity index (χ3n) is 3.39. The van der Waals surface area contributed by atoms with Crippen LogP contribution in [0.3, 0.4) is 0 Å². The summed E-state index contributed by atoms with van der Waals surface area (Å²) in [6, 6.07) is 4.60. The van der Waals surface area contributed by atoms with E-state index in [1.165, 1.54) is 6.07 Å². The van der Waals surface area contributed by atoms with E-state index in [0.717, 1.165) is 18.9 Å². The molecule has 0 aliphatic carbocycles. The second-order valence-electron chi connectivity index (χ2n) is 4.59. The Labute approximate surface area is 94.9 Å². The number of halogens is 2. The molecule has 0 amide bonds. The minimum Gasteiger partial charge on any atom is -0.311 e. The first-order valence-electron chi connectivity index (χ1n) is 5.82. The van der Waals surface area contributed by atoms with E-state index in [2.05, 4.69) is 19.2 Å². The van der Waals surface area contributed by atoms with E-state index < -0.39 is 11.6 Å². The first kappa shape index (κ1) is 11.5. The minimum atomic E-state index is -0.506. The Kier molecular flexibility index (Phi) is 3.24. The predicted octanol–water partition coefficient (Wildman–Crippen LogP) is 3.21. The maximum absolute atomic E-state index is 13.7. The Morgan fingerprint density at radius 1 is 1.38 bits per heavy atom. The van der Waals surface area contributed by atoms with Crippen LogP contribution >= 0.6 is 0 Å². The molecule has 1 fully saturated rings. The zero-order valence-electron chi connectivity index (χ0n) is 9.63. The monoisotopic (exact) mass is 225 g/mol. The number of nitrogens with one attached hydrogen (secondary N) is 1. The van der Waals surface area contributed by atoms with E-state index in [9.17, 15) is 8.78 Å². The summed E-state index contributed by atoms with van der Waals surface area (Å²) in [6.45, 7) is 4.19. The SMILES string of the molecule is CCC1NC(C)CC1c1ccc(F)cc1F. The van der Waals surface area contributed by atoms with Gasteiger partial charge in [0.15, 0.2) is 0 Å². The van der Waals surface area contributed by atoms with Crippen molar-refractivity contribution in [3.8, 4) is 0 Å². The molecule has 1 aromatic rings. The fraction of sp³-hybridized carbons (Fsp3) is 0.538. The van der Waals surface area contributed by atoms with Crippen LogP contribution in [0.15, 0.2) is 18.2 Å². The van der Waals surface area contributed by atoms with E-state index in [4.69, 9.17) is 0 Å². The van der Waals surface area contributed by atoms with Crippen LogP contribution in [0.2, 0.25) is 0 Å². The molecular formula is C13H17F2N. The quantitative estimate of drug-likeness (QED) is 0.815. The molecule has 1 aromatic carbocycles. The highest BCUT2D eigenvalue weighted by molar-refractivity contribution is 5.26. The fourth-order valence-electron chi connectivity index (χ4n) is 2.64. The van der Waals surface area contributed by atoms with E-state index >= 15 is 0 Å². The number of hydrogen-bond donors (Lipinski definition) is 1. The lowest BCUT2D eigenvalue weighted by Crippen LogP contribution is -2.28. The normalized spacial score (nSPS) is 29.6. The lowest BCUT2D eigenvalue weighted by molar-refractivity contribution is 0.494. The number of benzene rings is 1. The molecule has 0 aromatic heterocycles. The molecule has 88 valence electrons. The van der Waals surface area contributed by atoms with Crippen molar-refractivity contribution in [2.75, 3.05) is 0 Å². The van der Waals surface area contributed by atoms with Gasteiger partial charge < -0.3 is 5.32 Å². The summed E-state index contributed by atoms with van der Waals surface area (Å²) in [4.78, 5) is 0. The third kappa shape index (κ3) is 2.09. The van der Waals surface area contributed by atoms with Gasteiger partial charge in [0.05, 0.1) is 0 Å². The number of hydrogen-bond acceptors (Lipinski definition) is 1. The van der Waals surface area contributed by atoms with Crippen LogP contribution in [0.1, 0.15) is 38.2 Å². The summed E-state index contributed by atoms with van der Waals surface area (Å²) >= 11 is 0. The van der Waals surface area contributed by atoms with E-state index in [-0.39, 0.29) is 5.92 Å². The first-order valence-corrected chi connectivity index (χ1v) is 5.82. The Morgan fingerprint density at radius 3 is 2.75 bits per heavy atom. The summed E-state index contributed by atoms with van der Waals surface area (Å²) in [5, 5.41) is 3.43. The highest BCUT2D eigenvalue weighted by Crippen LogP contribution is 2.33. The van der Waals surface area contributed by atoms with Crippen molar-refractivity contribution >= 4 is 0 Å². The Hall–Kier alpha value is -0.960. The summed E-state index contributed by atoms with van der Waals surface area (Å²) in [5.41, 5.74) is 0.644. The Morgan fingerprint density at radius 2 is 2.12 bits per heavy atom. The molecule has 2 rings (SSSR count). The second-order valence-corrected chi connectivity index (χ2v) is 4.59. The molecule has 1 aliphatic heterocycles. The highest BCUT2D eigenvalue weighted by Gasteiger charge is 2.32. The molecule has 0 bridgehead atoms. The van der Waals surface area contributed by atoms with Gasteiger partial charge in [0.25, 0.3) is 0 Å². The largest absolute Gasteiger partial charge is 0.311 e. The second kappa shape index (κ2) is 4.50. The van der Waals surface area contributed by atoms with Crippen molar-refractivity contribution in [3.05, 3.63) is 35.4 Å². The van der Waals surface area contributed by atoms with Crippen LogP contribution in [0.4, 0.5) is 8.78 Å². The van der Waals surface area contributed by atoms with Gasteiger partial charge in [-0.05, 0) is 31.4 Å². The fourth-order valence-corrected chi connectivity index (χ4v) is 2.64. The first-order chi connectivity index (χ1) is 7.61. The van der Waals surface area contributed by atoms with Gasteiger partial charge in [-0.25, -0.2) is 8.78 Å². The van der Waals surface area contributed by atoms with Crippen LogP contribution in [0.25, 0.3) is 0 Å². The van der Waals surface area contributed by atoms with Gasteiger partial charge in [-0.1, -0.05) is 13.0 Å². The van der Waals surface area contributed by atoms with Gasteiger partial charge in [-0.2, -0.15) is 0 Å². The van der Waals surface area contributed by atoms with Crippen molar-refractivity contribution in [3.63, 3.8) is 0 Å². The highest BCUT2D eigenvalue weighted by atomic mass is 19.1. The molecule has 3 unspecified atom stereocenters. The summed E-state index contributed by atoms with van der Waals surface area (Å²) in [6.07, 6.45) is 1.88. The van der Waals surface area contributed by atoms with Crippen LogP contribution in [-0.4, -0.2) is 12.1 Å². The van der Waals surface area contributed by atoms with Crippen LogP contribution in [0, 0.1) is 11.6 Å². The maximum Gasteiger partial charge on any atom is 0.129 e. The van der Waals surface area contributed by atoms with E-state index in [1.807, 2.05) is 0 Å². The lowest BCUT2D eigenvalue weighted by Gasteiger charge is -2.18. The van der Waals surface area contributed by atoms with Crippen molar-refractivity contribution < 1.29 is 8.78 Å². The average molecular weight is 225 g/mol. The van der Waals surface area contributed by atoms with Gasteiger partial charge in [0, 0.05) is 24.1 Å². The Balaban J connectivity index is 2.29. The Bertz CT molecular complexity index is 378. The topological polar surface area (TPSA) is 12.0 Å². The van der Waals surface area contributed by atoms with Crippen LogP contribution in [0.5, 0.6) is 0 Å². The van der Waals surface area contributed by atoms with Crippen LogP contribution < -0.4 is 5.32 Å². The molecule has 0 spiro atoms. The summed E-state index contributed by atoms with van der Waals surface area (Å²) in [5.74, 6) is -0.756. The molecule has 1 nitrogen and oxygen atoms in total. The molecular weight excluding hydrogens is 208 g/mol. The molecule has 1 heterocycles. The zero-order chi connectivity index (χ0) is 11.7. The predicted molar refractivity (Wildman–Crippen MR) is 60.4 cm³/mol. The van der Waals surface area contributed by atoms with Gasteiger partial charge in [0.2, 0.25) is 0 Å². The van der Waals surface area contributed by atoms with Gasteiger partial charge in [-0.15, -0.1) is 0 Å². The molecule has 1 aliphatic rings. The molecule has 0 saturated carbocycles. The molecule has 16 heavy (non-hydrogen) atoms. The third-order valence-corrected chi connectivity index (χ3v) is 3.39. The molecule has 1 N–H and O–H groups in total. The van der Waals surface area contributed by atoms with Crippen molar-refractivity contribution in [1.29, 1.82) is 0 Å². The van der Waals surface area contributed by atoms with Gasteiger partial charge >= 0.3 is 0 Å². The standard InChI is InChI=1S/C13H17F2N/c1-3-13-11(6-8(2)16-13)10-5-4-9(14)7-12(10)15/h4-5,7-8,11,13,16H,3,6H2,1-2H3. The smallest absolute Gasteiger partial charge is 0.129 e. The van der Waals surface area contributed by atoms with Gasteiger partial charge in [0.1, 0.15) is 11.6 Å². The average Bonchev–Trinajstić information content (AvgIpc) is 2.59. The maximum atomic E-state index is 13.7. The van der Waals surface area contributed by atoms with Crippen LogP contribution in [-0.2, 0) is 0 Å². The van der Waals surface area contributed by atoms with Crippen molar-refractivity contribution in [2.24, 2.45) is 0 Å². The van der Waals surface area contributed by atoms with E-state index in [1.54, 1.807) is 6.07 Å². The lowest BCUT2D eigenvalue weighted by atomic mass is 9.89.